The van der Waals surface area contributed by atoms with Crippen molar-refractivity contribution < 1.29 is 9.84 Å². The summed E-state index contributed by atoms with van der Waals surface area (Å²) in [5.41, 5.74) is -0.191. The smallest absolute Gasteiger partial charge is 0.137 e. The van der Waals surface area contributed by atoms with Gasteiger partial charge in [-0.3, -0.25) is 0 Å². The number of para-hydroxylation sites is 1. The average Bonchev–Trinajstić information content (AvgIpc) is 2.80. The first-order valence-corrected chi connectivity index (χ1v) is 7.27. The van der Waals surface area contributed by atoms with Gasteiger partial charge in [-0.05, 0) is 26.0 Å². The monoisotopic (exact) mass is 297 g/mol. The highest BCUT2D eigenvalue weighted by molar-refractivity contribution is 7.09. The number of rotatable bonds is 5. The number of hydrogen-bond acceptors (Lipinski definition) is 4. The highest BCUT2D eigenvalue weighted by Gasteiger charge is 2.19. The van der Waals surface area contributed by atoms with Gasteiger partial charge in [-0.15, -0.1) is 11.3 Å². The Morgan fingerprint density at radius 3 is 2.74 bits per heavy atom. The van der Waals surface area contributed by atoms with Gasteiger partial charge in [-0.1, -0.05) is 23.7 Å². The fourth-order valence-electron chi connectivity index (χ4n) is 1.52. The van der Waals surface area contributed by atoms with E-state index in [1.807, 2.05) is 23.6 Å². The third-order valence-electron chi connectivity index (χ3n) is 2.59. The lowest BCUT2D eigenvalue weighted by molar-refractivity contribution is 0.0743. The molecule has 1 heterocycles. The molecule has 2 aromatic rings. The van der Waals surface area contributed by atoms with Crippen LogP contribution in [0.15, 0.2) is 29.6 Å². The standard InChI is InChI=1S/C14H16ClNO2S/c1-14(2,17)12-9-19-13(16-12)7-8-18-11-6-4-3-5-10(11)15/h3-6,9,17H,7-8H2,1-2H3. The summed E-state index contributed by atoms with van der Waals surface area (Å²) in [4.78, 5) is 4.39. The summed E-state index contributed by atoms with van der Waals surface area (Å²) >= 11 is 7.53. The maximum Gasteiger partial charge on any atom is 0.137 e. The highest BCUT2D eigenvalue weighted by Crippen LogP contribution is 2.24. The molecule has 0 saturated carbocycles. The van der Waals surface area contributed by atoms with E-state index < -0.39 is 5.60 Å². The fraction of sp³-hybridized carbons (Fsp3) is 0.357. The molecule has 1 N–H and O–H groups in total. The lowest BCUT2D eigenvalue weighted by Gasteiger charge is -2.13. The normalized spacial score (nSPS) is 11.6. The summed E-state index contributed by atoms with van der Waals surface area (Å²) in [5, 5.41) is 13.3. The van der Waals surface area contributed by atoms with Crippen molar-refractivity contribution in [3.63, 3.8) is 0 Å². The molecule has 0 saturated heterocycles. The van der Waals surface area contributed by atoms with Gasteiger partial charge in [0.05, 0.1) is 22.3 Å². The Kier molecular flexibility index (Phi) is 4.45. The Hall–Kier alpha value is -1.10. The molecule has 0 aliphatic carbocycles. The zero-order valence-electron chi connectivity index (χ0n) is 10.9. The first-order valence-electron chi connectivity index (χ1n) is 6.01. The minimum atomic E-state index is -0.891. The van der Waals surface area contributed by atoms with Gasteiger partial charge in [0.1, 0.15) is 11.4 Å². The molecule has 0 amide bonds. The molecule has 0 fully saturated rings. The van der Waals surface area contributed by atoms with E-state index in [2.05, 4.69) is 4.98 Å². The number of hydrogen-bond donors (Lipinski definition) is 1. The van der Waals surface area contributed by atoms with Crippen molar-refractivity contribution in [2.24, 2.45) is 0 Å². The summed E-state index contributed by atoms with van der Waals surface area (Å²) in [6.45, 7) is 3.97. The number of aliphatic hydroxyl groups is 1. The van der Waals surface area contributed by atoms with Crippen LogP contribution < -0.4 is 4.74 Å². The minimum absolute atomic E-state index is 0.516. The van der Waals surface area contributed by atoms with Crippen molar-refractivity contribution >= 4 is 22.9 Å². The third kappa shape index (κ3) is 3.93. The van der Waals surface area contributed by atoms with Crippen molar-refractivity contribution in [1.82, 2.24) is 4.98 Å². The van der Waals surface area contributed by atoms with Crippen LogP contribution in [0.2, 0.25) is 5.02 Å². The van der Waals surface area contributed by atoms with Gasteiger partial charge >= 0.3 is 0 Å². The van der Waals surface area contributed by atoms with Crippen molar-refractivity contribution in [3.8, 4) is 5.75 Å². The number of ether oxygens (including phenoxy) is 1. The molecule has 0 unspecified atom stereocenters. The average molecular weight is 298 g/mol. The van der Waals surface area contributed by atoms with Gasteiger partial charge in [-0.25, -0.2) is 4.98 Å². The third-order valence-corrected chi connectivity index (χ3v) is 3.81. The molecule has 0 bridgehead atoms. The van der Waals surface area contributed by atoms with E-state index in [0.717, 1.165) is 5.01 Å². The molecular weight excluding hydrogens is 282 g/mol. The first-order chi connectivity index (χ1) is 8.97. The SMILES string of the molecule is CC(C)(O)c1csc(CCOc2ccccc2Cl)n1. The van der Waals surface area contributed by atoms with Crippen LogP contribution in [-0.2, 0) is 12.0 Å². The lowest BCUT2D eigenvalue weighted by Crippen LogP contribution is -2.16. The Bertz CT molecular complexity index is 548. The van der Waals surface area contributed by atoms with Crippen molar-refractivity contribution in [1.29, 1.82) is 0 Å². The molecule has 2 rings (SSSR count). The number of benzene rings is 1. The highest BCUT2D eigenvalue weighted by atomic mass is 35.5. The van der Waals surface area contributed by atoms with Crippen molar-refractivity contribution in [3.05, 3.63) is 45.4 Å². The van der Waals surface area contributed by atoms with Crippen LogP contribution in [0.3, 0.4) is 0 Å². The molecule has 102 valence electrons. The molecule has 1 aromatic carbocycles. The zero-order valence-corrected chi connectivity index (χ0v) is 12.5. The molecule has 5 heteroatoms. The van der Waals surface area contributed by atoms with Gasteiger partial charge in [0.15, 0.2) is 0 Å². The maximum absolute atomic E-state index is 9.84. The van der Waals surface area contributed by atoms with Crippen molar-refractivity contribution in [2.45, 2.75) is 25.9 Å². The Morgan fingerprint density at radius 2 is 2.11 bits per heavy atom. The largest absolute Gasteiger partial charge is 0.492 e. The zero-order chi connectivity index (χ0) is 13.9. The van der Waals surface area contributed by atoms with Crippen LogP contribution >= 0.6 is 22.9 Å². The topological polar surface area (TPSA) is 42.4 Å². The first kappa shape index (κ1) is 14.3. The van der Waals surface area contributed by atoms with E-state index in [0.29, 0.717) is 29.5 Å². The van der Waals surface area contributed by atoms with E-state index in [4.69, 9.17) is 16.3 Å². The molecular formula is C14H16ClNO2S. The molecule has 1 aromatic heterocycles. The van der Waals surface area contributed by atoms with E-state index >= 15 is 0 Å². The lowest BCUT2D eigenvalue weighted by atomic mass is 10.1. The number of halogens is 1. The van der Waals surface area contributed by atoms with Crippen LogP contribution in [0.4, 0.5) is 0 Å². The second-order valence-corrected chi connectivity index (χ2v) is 6.06. The number of aromatic nitrogens is 1. The summed E-state index contributed by atoms with van der Waals surface area (Å²) < 4.78 is 5.61. The van der Waals surface area contributed by atoms with Gasteiger partial charge in [-0.2, -0.15) is 0 Å². The molecule has 3 nitrogen and oxygen atoms in total. The van der Waals surface area contributed by atoms with Crippen LogP contribution in [0.5, 0.6) is 5.75 Å². The quantitative estimate of drug-likeness (QED) is 0.916. The predicted octanol–water partition coefficient (Wildman–Crippen LogP) is 3.65. The fourth-order valence-corrected chi connectivity index (χ4v) is 2.65. The molecule has 0 atom stereocenters. The Labute approximate surface area is 121 Å². The summed E-state index contributed by atoms with van der Waals surface area (Å²) in [6.07, 6.45) is 0.700. The van der Waals surface area contributed by atoms with E-state index in [1.54, 1.807) is 19.9 Å². The second-order valence-electron chi connectivity index (χ2n) is 4.71. The van der Waals surface area contributed by atoms with E-state index in [-0.39, 0.29) is 0 Å². The minimum Gasteiger partial charge on any atom is -0.492 e. The van der Waals surface area contributed by atoms with Crippen LogP contribution in [0, 0.1) is 0 Å². The van der Waals surface area contributed by atoms with Gasteiger partial charge in [0.25, 0.3) is 0 Å². The van der Waals surface area contributed by atoms with Crippen LogP contribution in [0.25, 0.3) is 0 Å². The number of nitrogens with zero attached hydrogens (tertiary/aromatic N) is 1. The summed E-state index contributed by atoms with van der Waals surface area (Å²) in [5.74, 6) is 0.684. The summed E-state index contributed by atoms with van der Waals surface area (Å²) in [7, 11) is 0. The van der Waals surface area contributed by atoms with Crippen LogP contribution in [0.1, 0.15) is 24.5 Å². The molecule has 0 spiro atoms. The molecule has 19 heavy (non-hydrogen) atoms. The Morgan fingerprint density at radius 1 is 1.37 bits per heavy atom. The van der Waals surface area contributed by atoms with E-state index in [9.17, 15) is 5.11 Å². The van der Waals surface area contributed by atoms with Gasteiger partial charge in [0, 0.05) is 11.8 Å². The number of thiazole rings is 1. The molecule has 0 aliphatic rings. The maximum atomic E-state index is 9.84. The second kappa shape index (κ2) is 5.90. The summed E-state index contributed by atoms with van der Waals surface area (Å²) in [6, 6.07) is 7.39. The van der Waals surface area contributed by atoms with E-state index in [1.165, 1.54) is 11.3 Å². The van der Waals surface area contributed by atoms with Crippen LogP contribution in [-0.4, -0.2) is 16.7 Å². The van der Waals surface area contributed by atoms with Gasteiger partial charge in [0.2, 0.25) is 0 Å². The predicted molar refractivity (Wildman–Crippen MR) is 78.0 cm³/mol. The van der Waals surface area contributed by atoms with Crippen molar-refractivity contribution in [2.75, 3.05) is 6.61 Å². The van der Waals surface area contributed by atoms with Gasteiger partial charge < -0.3 is 9.84 Å². The molecule has 0 radical (unpaired) electrons. The Balaban J connectivity index is 1.90. The molecule has 0 aliphatic heterocycles.